The lowest BCUT2D eigenvalue weighted by Crippen LogP contribution is -2.41. The first-order chi connectivity index (χ1) is 9.79. The summed E-state index contributed by atoms with van der Waals surface area (Å²) in [5.41, 5.74) is 5.24. The molecule has 0 aromatic heterocycles. The number of anilines is 1. The van der Waals surface area contributed by atoms with Crippen LogP contribution in [-0.4, -0.2) is 39.0 Å². The van der Waals surface area contributed by atoms with E-state index < -0.39 is 32.6 Å². The number of nitrogens with one attached hydrogen (secondary N) is 1. The Hall–Kier alpha value is -1.25. The zero-order chi connectivity index (χ0) is 15.6. The van der Waals surface area contributed by atoms with Crippen molar-refractivity contribution >= 4 is 15.7 Å². The predicted octanol–water partition coefficient (Wildman–Crippen LogP) is 1.31. The van der Waals surface area contributed by atoms with E-state index in [-0.39, 0.29) is 5.69 Å². The first kappa shape index (κ1) is 16.1. The molecule has 0 saturated carbocycles. The third-order valence-corrected chi connectivity index (χ3v) is 4.98. The lowest BCUT2D eigenvalue weighted by molar-refractivity contribution is 0.312. The van der Waals surface area contributed by atoms with Crippen LogP contribution in [0.25, 0.3) is 0 Å². The molecule has 0 amide bonds. The SMILES string of the molecule is CC(CN1CCCC1)NS(=O)(=O)c1cc(N)cc(F)c1F. The van der Waals surface area contributed by atoms with Gasteiger partial charge in [-0.3, -0.25) is 0 Å². The van der Waals surface area contributed by atoms with Crippen LogP contribution in [0.1, 0.15) is 19.8 Å². The quantitative estimate of drug-likeness (QED) is 0.803. The van der Waals surface area contributed by atoms with Crippen molar-refractivity contribution in [3.05, 3.63) is 23.8 Å². The molecule has 21 heavy (non-hydrogen) atoms. The highest BCUT2D eigenvalue weighted by Gasteiger charge is 2.25. The van der Waals surface area contributed by atoms with Crippen LogP contribution < -0.4 is 10.5 Å². The maximum atomic E-state index is 13.7. The van der Waals surface area contributed by atoms with Crippen LogP contribution in [0.4, 0.5) is 14.5 Å². The van der Waals surface area contributed by atoms with Crippen LogP contribution in [0.5, 0.6) is 0 Å². The minimum Gasteiger partial charge on any atom is -0.399 e. The number of hydrogen-bond donors (Lipinski definition) is 2. The molecule has 1 saturated heterocycles. The fourth-order valence-corrected chi connectivity index (χ4v) is 3.85. The molecule has 1 aliphatic rings. The topological polar surface area (TPSA) is 75.4 Å². The van der Waals surface area contributed by atoms with Gasteiger partial charge in [0.2, 0.25) is 10.0 Å². The molecule has 5 nitrogen and oxygen atoms in total. The van der Waals surface area contributed by atoms with Crippen molar-refractivity contribution in [1.29, 1.82) is 0 Å². The Kier molecular flexibility index (Phi) is 4.80. The summed E-state index contributed by atoms with van der Waals surface area (Å²) >= 11 is 0. The largest absolute Gasteiger partial charge is 0.399 e. The van der Waals surface area contributed by atoms with Gasteiger partial charge >= 0.3 is 0 Å². The molecular formula is C13H19F2N3O2S. The normalized spacial score (nSPS) is 18.0. The lowest BCUT2D eigenvalue weighted by atomic mass is 10.3. The van der Waals surface area contributed by atoms with Crippen molar-refractivity contribution in [1.82, 2.24) is 9.62 Å². The van der Waals surface area contributed by atoms with Gasteiger partial charge in [-0.25, -0.2) is 21.9 Å². The van der Waals surface area contributed by atoms with Gasteiger partial charge in [0, 0.05) is 18.3 Å². The Balaban J connectivity index is 2.14. The number of nitrogens with two attached hydrogens (primary N) is 1. The Bertz CT molecular complexity index is 616. The summed E-state index contributed by atoms with van der Waals surface area (Å²) in [7, 11) is -4.15. The molecular weight excluding hydrogens is 300 g/mol. The van der Waals surface area contributed by atoms with Crippen LogP contribution in [0.3, 0.4) is 0 Å². The standard InChI is InChI=1S/C13H19F2N3O2S/c1-9(8-18-4-2-3-5-18)17-21(19,20)12-7-10(16)6-11(14)13(12)15/h6-7,9,17H,2-5,8,16H2,1H3. The number of sulfonamides is 1. The van der Waals surface area contributed by atoms with E-state index in [1.54, 1.807) is 6.92 Å². The molecule has 0 bridgehead atoms. The van der Waals surface area contributed by atoms with Gasteiger partial charge < -0.3 is 10.6 Å². The van der Waals surface area contributed by atoms with E-state index >= 15 is 0 Å². The molecule has 1 aliphatic heterocycles. The fraction of sp³-hybridized carbons (Fsp3) is 0.538. The number of halogens is 2. The van der Waals surface area contributed by atoms with Crippen LogP contribution >= 0.6 is 0 Å². The van der Waals surface area contributed by atoms with E-state index in [4.69, 9.17) is 5.73 Å². The highest BCUT2D eigenvalue weighted by Crippen LogP contribution is 2.21. The first-order valence-corrected chi connectivity index (χ1v) is 8.27. The maximum absolute atomic E-state index is 13.7. The number of nitrogen functional groups attached to an aromatic ring is 1. The molecule has 1 heterocycles. The van der Waals surface area contributed by atoms with Crippen molar-refractivity contribution < 1.29 is 17.2 Å². The molecule has 1 unspecified atom stereocenters. The molecule has 1 fully saturated rings. The van der Waals surface area contributed by atoms with Crippen molar-refractivity contribution in [2.24, 2.45) is 0 Å². The van der Waals surface area contributed by atoms with E-state index in [1.807, 2.05) is 0 Å². The molecule has 3 N–H and O–H groups in total. The Morgan fingerprint density at radius 1 is 1.33 bits per heavy atom. The summed E-state index contributed by atoms with van der Waals surface area (Å²) < 4.78 is 53.6. The highest BCUT2D eigenvalue weighted by molar-refractivity contribution is 7.89. The van der Waals surface area contributed by atoms with Crippen molar-refractivity contribution in [3.8, 4) is 0 Å². The average Bonchev–Trinajstić information content (AvgIpc) is 2.85. The summed E-state index contributed by atoms with van der Waals surface area (Å²) in [5.74, 6) is -2.69. The molecule has 0 aliphatic carbocycles. The Morgan fingerprint density at radius 3 is 2.57 bits per heavy atom. The van der Waals surface area contributed by atoms with Gasteiger partial charge in [0.15, 0.2) is 11.6 Å². The summed E-state index contributed by atoms with van der Waals surface area (Å²) in [6, 6.07) is 1.27. The van der Waals surface area contributed by atoms with Gasteiger partial charge in [-0.1, -0.05) is 0 Å². The average molecular weight is 319 g/mol. The second kappa shape index (κ2) is 6.25. The molecule has 8 heteroatoms. The molecule has 2 rings (SSSR count). The first-order valence-electron chi connectivity index (χ1n) is 6.79. The number of rotatable bonds is 5. The zero-order valence-electron chi connectivity index (χ0n) is 11.8. The minimum atomic E-state index is -4.15. The van der Waals surface area contributed by atoms with E-state index in [0.29, 0.717) is 6.54 Å². The van der Waals surface area contributed by atoms with E-state index in [2.05, 4.69) is 9.62 Å². The van der Waals surface area contributed by atoms with Crippen molar-refractivity contribution in [3.63, 3.8) is 0 Å². The number of nitrogens with zero attached hydrogens (tertiary/aromatic N) is 1. The molecule has 118 valence electrons. The highest BCUT2D eigenvalue weighted by atomic mass is 32.2. The minimum absolute atomic E-state index is 0.138. The van der Waals surface area contributed by atoms with Gasteiger partial charge in [0.1, 0.15) is 4.90 Å². The summed E-state index contributed by atoms with van der Waals surface area (Å²) in [6.07, 6.45) is 2.18. The van der Waals surface area contributed by atoms with Gasteiger partial charge in [0.05, 0.1) is 0 Å². The fourth-order valence-electron chi connectivity index (χ4n) is 2.50. The molecule has 0 radical (unpaired) electrons. The van der Waals surface area contributed by atoms with Crippen LogP contribution in [0, 0.1) is 11.6 Å². The summed E-state index contributed by atoms with van der Waals surface area (Å²) in [5, 5.41) is 0. The van der Waals surface area contributed by atoms with Crippen molar-refractivity contribution in [2.45, 2.75) is 30.7 Å². The Labute approximate surface area is 123 Å². The maximum Gasteiger partial charge on any atom is 0.243 e. The number of hydrogen-bond acceptors (Lipinski definition) is 4. The molecule has 1 aromatic carbocycles. The van der Waals surface area contributed by atoms with E-state index in [9.17, 15) is 17.2 Å². The van der Waals surface area contributed by atoms with Crippen molar-refractivity contribution in [2.75, 3.05) is 25.4 Å². The van der Waals surface area contributed by atoms with Gasteiger partial charge in [-0.05, 0) is 45.0 Å². The number of benzene rings is 1. The lowest BCUT2D eigenvalue weighted by Gasteiger charge is -2.21. The van der Waals surface area contributed by atoms with Gasteiger partial charge in [0.25, 0.3) is 0 Å². The summed E-state index contributed by atoms with van der Waals surface area (Å²) in [6.45, 7) is 4.07. The zero-order valence-corrected chi connectivity index (χ0v) is 12.6. The van der Waals surface area contributed by atoms with Gasteiger partial charge in [-0.15, -0.1) is 0 Å². The van der Waals surface area contributed by atoms with E-state index in [0.717, 1.165) is 38.1 Å². The molecule has 1 atom stereocenters. The second-order valence-corrected chi connectivity index (χ2v) is 7.03. The van der Waals surface area contributed by atoms with Crippen LogP contribution in [0.15, 0.2) is 17.0 Å². The number of likely N-dealkylation sites (tertiary alicyclic amines) is 1. The van der Waals surface area contributed by atoms with Crippen LogP contribution in [0.2, 0.25) is 0 Å². The predicted molar refractivity (Wildman–Crippen MR) is 76.2 cm³/mol. The Morgan fingerprint density at radius 2 is 1.95 bits per heavy atom. The smallest absolute Gasteiger partial charge is 0.243 e. The van der Waals surface area contributed by atoms with E-state index in [1.165, 1.54) is 0 Å². The van der Waals surface area contributed by atoms with Gasteiger partial charge in [-0.2, -0.15) is 0 Å². The molecule has 0 spiro atoms. The third kappa shape index (κ3) is 3.90. The third-order valence-electron chi connectivity index (χ3n) is 3.39. The second-order valence-electron chi connectivity index (χ2n) is 5.34. The summed E-state index contributed by atoms with van der Waals surface area (Å²) in [4.78, 5) is 1.37. The molecule has 1 aromatic rings. The monoisotopic (exact) mass is 319 g/mol. The van der Waals surface area contributed by atoms with Crippen LogP contribution in [-0.2, 0) is 10.0 Å².